The summed E-state index contributed by atoms with van der Waals surface area (Å²) in [5, 5.41) is 42.2. The number of fused-ring (bicyclic) bond motifs is 5. The zero-order valence-electron chi connectivity index (χ0n) is 18.7. The molecule has 0 heterocycles. The highest BCUT2D eigenvalue weighted by atomic mass is 16.4. The smallest absolute Gasteiger partial charge is 0.303 e. The van der Waals surface area contributed by atoms with Crippen LogP contribution in [-0.4, -0.2) is 50.7 Å². The van der Waals surface area contributed by atoms with E-state index in [-0.39, 0.29) is 58.8 Å². The van der Waals surface area contributed by atoms with E-state index in [9.17, 15) is 20.1 Å². The maximum Gasteiger partial charge on any atom is 0.303 e. The van der Waals surface area contributed by atoms with Crippen molar-refractivity contribution in [2.45, 2.75) is 96.5 Å². The molecule has 6 nitrogen and oxygen atoms in total. The van der Waals surface area contributed by atoms with Gasteiger partial charge in [-0.3, -0.25) is 4.79 Å². The molecule has 0 aromatic heterocycles. The molecule has 6 N–H and O–H groups in total. The van der Waals surface area contributed by atoms with Crippen LogP contribution in [0.4, 0.5) is 0 Å². The molecule has 0 aromatic rings. The Hall–Kier alpha value is -0.690. The minimum Gasteiger partial charge on any atom is -0.481 e. The molecule has 172 valence electrons. The summed E-state index contributed by atoms with van der Waals surface area (Å²) in [6.45, 7) is 6.57. The van der Waals surface area contributed by atoms with E-state index in [1.54, 1.807) is 0 Å². The zero-order valence-corrected chi connectivity index (χ0v) is 18.7. The van der Waals surface area contributed by atoms with Crippen LogP contribution in [0.3, 0.4) is 0 Å². The molecule has 0 spiro atoms. The summed E-state index contributed by atoms with van der Waals surface area (Å²) in [6, 6.07) is -0.116. The monoisotopic (exact) mass is 423 g/mol. The highest BCUT2D eigenvalue weighted by Gasteiger charge is 2.66. The van der Waals surface area contributed by atoms with E-state index in [0.29, 0.717) is 32.1 Å². The van der Waals surface area contributed by atoms with Crippen molar-refractivity contribution in [3.63, 3.8) is 0 Å². The Bertz CT molecular complexity index is 672. The second-order valence-corrected chi connectivity index (χ2v) is 11.6. The fraction of sp³-hybridized carbons (Fsp3) is 0.958. The third-order valence-electron chi connectivity index (χ3n) is 10.5. The highest BCUT2D eigenvalue weighted by molar-refractivity contribution is 5.66. The van der Waals surface area contributed by atoms with E-state index in [4.69, 9.17) is 10.8 Å². The first-order valence-corrected chi connectivity index (χ1v) is 12.0. The normalized spacial score (nSPS) is 54.0. The zero-order chi connectivity index (χ0) is 22.0. The van der Waals surface area contributed by atoms with E-state index in [0.717, 1.165) is 12.8 Å². The molecule has 4 aliphatic carbocycles. The molecule has 0 bridgehead atoms. The van der Waals surface area contributed by atoms with Crippen molar-refractivity contribution < 1.29 is 25.2 Å². The van der Waals surface area contributed by atoms with Crippen molar-refractivity contribution in [2.75, 3.05) is 0 Å². The van der Waals surface area contributed by atoms with Crippen LogP contribution in [0.25, 0.3) is 0 Å². The van der Waals surface area contributed by atoms with Gasteiger partial charge in [-0.1, -0.05) is 20.8 Å². The number of carbonyl (C=O) groups is 1. The minimum atomic E-state index is -0.763. The van der Waals surface area contributed by atoms with Crippen LogP contribution in [0.15, 0.2) is 0 Å². The molecule has 0 saturated heterocycles. The first-order valence-electron chi connectivity index (χ1n) is 12.0. The molecule has 1 unspecified atom stereocenters. The van der Waals surface area contributed by atoms with Gasteiger partial charge in [0, 0.05) is 12.5 Å². The largest absolute Gasteiger partial charge is 0.481 e. The van der Waals surface area contributed by atoms with Gasteiger partial charge in [-0.25, -0.2) is 0 Å². The molecule has 0 amide bonds. The summed E-state index contributed by atoms with van der Waals surface area (Å²) in [4.78, 5) is 11.1. The van der Waals surface area contributed by atoms with Crippen molar-refractivity contribution >= 4 is 5.97 Å². The van der Waals surface area contributed by atoms with Crippen LogP contribution >= 0.6 is 0 Å². The average Bonchev–Trinajstić information content (AvgIpc) is 3.01. The Balaban J connectivity index is 1.63. The molecule has 12 atom stereocenters. The van der Waals surface area contributed by atoms with Crippen LogP contribution in [0.5, 0.6) is 0 Å². The number of carboxylic acids is 1. The maximum absolute atomic E-state index is 11.5. The molecule has 0 radical (unpaired) electrons. The molecule has 0 aromatic carbocycles. The van der Waals surface area contributed by atoms with Gasteiger partial charge in [0.05, 0.1) is 18.3 Å². The SMILES string of the molecule is C[C@H](CCC(=O)O)[C@H]1CC[C@H]2[C@@H]3[C@H](O)C[C@@H]4C[C@H](O)CC(N)[C@]4(C)[C@H]3C[C@H](O)[C@]12C. The number of carboxylic acid groups (broad SMARTS) is 1. The molecule has 4 fully saturated rings. The summed E-state index contributed by atoms with van der Waals surface area (Å²) >= 11 is 0. The lowest BCUT2D eigenvalue weighted by molar-refractivity contribution is -0.211. The molecule has 4 rings (SSSR count). The van der Waals surface area contributed by atoms with Crippen molar-refractivity contribution in [1.82, 2.24) is 0 Å². The first kappa shape index (κ1) is 22.5. The van der Waals surface area contributed by atoms with Crippen LogP contribution in [-0.2, 0) is 4.79 Å². The van der Waals surface area contributed by atoms with Gasteiger partial charge in [-0.15, -0.1) is 0 Å². The Morgan fingerprint density at radius 3 is 2.40 bits per heavy atom. The number of aliphatic carboxylic acids is 1. The predicted molar refractivity (Wildman–Crippen MR) is 113 cm³/mol. The number of rotatable bonds is 4. The van der Waals surface area contributed by atoms with E-state index in [1.807, 2.05) is 0 Å². The molecule has 4 aliphatic rings. The molecular formula is C24H41NO5. The number of aliphatic hydroxyl groups is 3. The van der Waals surface area contributed by atoms with Gasteiger partial charge in [-0.05, 0) is 91.3 Å². The van der Waals surface area contributed by atoms with Gasteiger partial charge in [0.2, 0.25) is 0 Å². The van der Waals surface area contributed by atoms with Crippen molar-refractivity contribution in [1.29, 1.82) is 0 Å². The quantitative estimate of drug-likeness (QED) is 0.473. The Kier molecular flexibility index (Phi) is 5.79. The highest BCUT2D eigenvalue weighted by Crippen LogP contribution is 2.68. The minimum absolute atomic E-state index is 0.116. The lowest BCUT2D eigenvalue weighted by Crippen LogP contribution is -2.66. The van der Waals surface area contributed by atoms with Gasteiger partial charge in [0.15, 0.2) is 0 Å². The molecular weight excluding hydrogens is 382 g/mol. The Morgan fingerprint density at radius 2 is 1.73 bits per heavy atom. The first-order chi connectivity index (χ1) is 14.0. The van der Waals surface area contributed by atoms with Crippen LogP contribution in [0.1, 0.15) is 72.1 Å². The number of hydrogen-bond acceptors (Lipinski definition) is 5. The number of hydrogen-bond donors (Lipinski definition) is 5. The van der Waals surface area contributed by atoms with Crippen LogP contribution < -0.4 is 5.73 Å². The van der Waals surface area contributed by atoms with Crippen molar-refractivity contribution in [3.8, 4) is 0 Å². The van der Waals surface area contributed by atoms with Crippen molar-refractivity contribution in [3.05, 3.63) is 0 Å². The lowest BCUT2D eigenvalue weighted by Gasteiger charge is -2.65. The van der Waals surface area contributed by atoms with Gasteiger partial charge >= 0.3 is 5.97 Å². The third-order valence-corrected chi connectivity index (χ3v) is 10.5. The van der Waals surface area contributed by atoms with E-state index in [1.165, 1.54) is 0 Å². The fourth-order valence-corrected chi connectivity index (χ4v) is 8.85. The number of nitrogens with two attached hydrogens (primary N) is 1. The fourth-order valence-electron chi connectivity index (χ4n) is 8.85. The second kappa shape index (κ2) is 7.72. The summed E-state index contributed by atoms with van der Waals surface area (Å²) in [5.74, 6) is 0.454. The molecule has 6 heteroatoms. The van der Waals surface area contributed by atoms with Gasteiger partial charge in [0.25, 0.3) is 0 Å². The number of aliphatic hydroxyl groups excluding tert-OH is 3. The third kappa shape index (κ3) is 3.16. The van der Waals surface area contributed by atoms with E-state index >= 15 is 0 Å². The molecule has 30 heavy (non-hydrogen) atoms. The molecule has 0 aliphatic heterocycles. The van der Waals surface area contributed by atoms with Gasteiger partial charge < -0.3 is 26.2 Å². The van der Waals surface area contributed by atoms with E-state index in [2.05, 4.69) is 20.8 Å². The summed E-state index contributed by atoms with van der Waals surface area (Å²) in [7, 11) is 0. The standard InChI is InChI=1S/C24H41NO5/c1-12(4-7-21(29)30)15-5-6-16-22-17(11-20(28)24(15,16)3)23(2)13(9-18(22)27)8-14(26)10-19(23)25/h12-20,22,26-28H,4-11,25H2,1-3H3,(H,29,30)/t12-,13+,14+,15-,16+,17+,18-,19?,20+,22+,23+,24-/m1/s1. The lowest BCUT2D eigenvalue weighted by atomic mass is 9.42. The maximum atomic E-state index is 11.5. The summed E-state index contributed by atoms with van der Waals surface area (Å²) in [5.41, 5.74) is 6.19. The Morgan fingerprint density at radius 1 is 1.03 bits per heavy atom. The predicted octanol–water partition coefficient (Wildman–Crippen LogP) is 2.39. The van der Waals surface area contributed by atoms with Crippen LogP contribution in [0.2, 0.25) is 0 Å². The molecule has 4 saturated carbocycles. The summed E-state index contributed by atoms with van der Waals surface area (Å²) in [6.07, 6.45) is 4.10. The van der Waals surface area contributed by atoms with Crippen LogP contribution in [0, 0.1) is 46.3 Å². The topological polar surface area (TPSA) is 124 Å². The Labute approximate surface area is 180 Å². The second-order valence-electron chi connectivity index (χ2n) is 11.6. The van der Waals surface area contributed by atoms with E-state index < -0.39 is 24.3 Å². The van der Waals surface area contributed by atoms with Gasteiger partial charge in [0.1, 0.15) is 0 Å². The van der Waals surface area contributed by atoms with Gasteiger partial charge in [-0.2, -0.15) is 0 Å². The average molecular weight is 424 g/mol. The summed E-state index contributed by atoms with van der Waals surface area (Å²) < 4.78 is 0. The van der Waals surface area contributed by atoms with Crippen molar-refractivity contribution in [2.24, 2.45) is 52.1 Å².